The fraction of sp³-hybridized carbons (Fsp3) is 0.294. The fourth-order valence-electron chi connectivity index (χ4n) is 2.88. The molecule has 0 saturated carbocycles. The van der Waals surface area contributed by atoms with Crippen LogP contribution in [-0.2, 0) is 13.0 Å². The van der Waals surface area contributed by atoms with Crippen molar-refractivity contribution in [2.75, 3.05) is 0 Å². The van der Waals surface area contributed by atoms with E-state index >= 15 is 0 Å². The van der Waals surface area contributed by atoms with Crippen molar-refractivity contribution in [1.82, 2.24) is 4.90 Å². The van der Waals surface area contributed by atoms with Crippen LogP contribution in [0, 0.1) is 0 Å². The van der Waals surface area contributed by atoms with E-state index < -0.39 is 0 Å². The summed E-state index contributed by atoms with van der Waals surface area (Å²) in [6.07, 6.45) is 1.08. The molecule has 0 aliphatic carbocycles. The monoisotopic (exact) mass is 315 g/mol. The molecule has 0 fully saturated rings. The maximum Gasteiger partial charge on any atom is 0.0704 e. The summed E-state index contributed by atoms with van der Waals surface area (Å²) in [5, 5.41) is 0. The Morgan fingerprint density at radius 1 is 1.05 bits per heavy atom. The van der Waals surface area contributed by atoms with Crippen molar-refractivity contribution < 1.29 is 0 Å². The van der Waals surface area contributed by atoms with Crippen LogP contribution in [0.25, 0.3) is 0 Å². The average Bonchev–Trinajstić information content (AvgIpc) is 2.45. The summed E-state index contributed by atoms with van der Waals surface area (Å²) in [5.74, 6) is 0. The molecule has 0 saturated heterocycles. The van der Waals surface area contributed by atoms with Gasteiger partial charge in [-0.15, -0.1) is 0 Å². The minimum Gasteiger partial charge on any atom is -0.280 e. The summed E-state index contributed by atoms with van der Waals surface area (Å²) in [7, 11) is 0. The number of rotatable bonds is 2. The standard InChI is InChI=1S/C17H18BrN/c1-13-16-10-6-5-9-15(16)11-17(18)19(13)12-14-7-3-2-4-8-14/h2-10,13,17H,11-12H2,1H3. The lowest BCUT2D eigenvalue weighted by atomic mass is 9.93. The van der Waals surface area contributed by atoms with Crippen LogP contribution < -0.4 is 0 Å². The van der Waals surface area contributed by atoms with Gasteiger partial charge in [-0.25, -0.2) is 0 Å². The molecule has 0 bridgehead atoms. The fourth-order valence-corrected chi connectivity index (χ4v) is 3.73. The van der Waals surface area contributed by atoms with Crippen molar-refractivity contribution in [2.45, 2.75) is 30.9 Å². The molecule has 3 rings (SSSR count). The van der Waals surface area contributed by atoms with Gasteiger partial charge in [-0.1, -0.05) is 70.5 Å². The minimum atomic E-state index is 0.414. The van der Waals surface area contributed by atoms with Gasteiger partial charge in [-0.3, -0.25) is 4.90 Å². The van der Waals surface area contributed by atoms with Gasteiger partial charge in [0.05, 0.1) is 4.95 Å². The van der Waals surface area contributed by atoms with E-state index in [4.69, 9.17) is 0 Å². The van der Waals surface area contributed by atoms with Crippen LogP contribution in [0.5, 0.6) is 0 Å². The predicted molar refractivity (Wildman–Crippen MR) is 83.3 cm³/mol. The third-order valence-electron chi connectivity index (χ3n) is 3.96. The number of benzene rings is 2. The highest BCUT2D eigenvalue weighted by molar-refractivity contribution is 9.09. The zero-order chi connectivity index (χ0) is 13.2. The number of hydrogen-bond donors (Lipinski definition) is 0. The maximum absolute atomic E-state index is 3.85. The number of halogens is 1. The lowest BCUT2D eigenvalue weighted by molar-refractivity contribution is 0.173. The summed E-state index contributed by atoms with van der Waals surface area (Å²) < 4.78 is 0. The zero-order valence-electron chi connectivity index (χ0n) is 11.1. The van der Waals surface area contributed by atoms with Gasteiger partial charge in [0.2, 0.25) is 0 Å². The average molecular weight is 316 g/mol. The van der Waals surface area contributed by atoms with Gasteiger partial charge in [0, 0.05) is 12.6 Å². The quantitative estimate of drug-likeness (QED) is 0.581. The molecule has 0 N–H and O–H groups in total. The first-order valence-electron chi connectivity index (χ1n) is 6.77. The molecule has 1 aliphatic rings. The van der Waals surface area contributed by atoms with Crippen molar-refractivity contribution in [3.63, 3.8) is 0 Å². The van der Waals surface area contributed by atoms with E-state index in [0.717, 1.165) is 13.0 Å². The molecule has 2 unspecified atom stereocenters. The van der Waals surface area contributed by atoms with Crippen LogP contribution in [0.3, 0.4) is 0 Å². The van der Waals surface area contributed by atoms with E-state index in [9.17, 15) is 0 Å². The first kappa shape index (κ1) is 12.9. The largest absolute Gasteiger partial charge is 0.280 e. The Morgan fingerprint density at radius 2 is 1.74 bits per heavy atom. The van der Waals surface area contributed by atoms with E-state index in [1.165, 1.54) is 16.7 Å². The molecule has 1 heterocycles. The van der Waals surface area contributed by atoms with Crippen LogP contribution >= 0.6 is 15.9 Å². The Labute approximate surface area is 123 Å². The summed E-state index contributed by atoms with van der Waals surface area (Å²) in [6.45, 7) is 3.29. The van der Waals surface area contributed by atoms with Crippen molar-refractivity contribution >= 4 is 15.9 Å². The molecular formula is C17H18BrN. The van der Waals surface area contributed by atoms with E-state index in [0.29, 0.717) is 11.0 Å². The van der Waals surface area contributed by atoms with Crippen molar-refractivity contribution in [3.8, 4) is 0 Å². The molecule has 2 aromatic rings. The normalized spacial score (nSPS) is 23.1. The summed E-state index contributed by atoms with van der Waals surface area (Å²) in [6, 6.07) is 19.9. The second kappa shape index (κ2) is 5.48. The predicted octanol–water partition coefficient (Wildman–Crippen LogP) is 4.53. The van der Waals surface area contributed by atoms with E-state index in [1.54, 1.807) is 0 Å². The third kappa shape index (κ3) is 2.60. The van der Waals surface area contributed by atoms with Gasteiger partial charge in [-0.05, 0) is 30.0 Å². The number of hydrogen-bond acceptors (Lipinski definition) is 1. The van der Waals surface area contributed by atoms with Crippen LogP contribution in [0.15, 0.2) is 54.6 Å². The molecule has 2 atom stereocenters. The molecular weight excluding hydrogens is 298 g/mol. The first-order valence-corrected chi connectivity index (χ1v) is 7.69. The Balaban J connectivity index is 1.87. The van der Waals surface area contributed by atoms with Gasteiger partial charge in [-0.2, -0.15) is 0 Å². The molecule has 0 amide bonds. The molecule has 0 radical (unpaired) electrons. The number of nitrogens with zero attached hydrogens (tertiary/aromatic N) is 1. The molecule has 98 valence electrons. The van der Waals surface area contributed by atoms with Gasteiger partial charge < -0.3 is 0 Å². The molecule has 0 aromatic heterocycles. The van der Waals surface area contributed by atoms with E-state index in [2.05, 4.69) is 82.4 Å². The van der Waals surface area contributed by atoms with Crippen molar-refractivity contribution in [3.05, 3.63) is 71.3 Å². The highest BCUT2D eigenvalue weighted by Crippen LogP contribution is 2.35. The Hall–Kier alpha value is -1.12. The first-order chi connectivity index (χ1) is 9.25. The van der Waals surface area contributed by atoms with Crippen LogP contribution in [-0.4, -0.2) is 9.85 Å². The Bertz CT molecular complexity index is 552. The summed E-state index contributed by atoms with van der Waals surface area (Å²) >= 11 is 3.85. The molecule has 1 aliphatic heterocycles. The lowest BCUT2D eigenvalue weighted by Crippen LogP contribution is -2.38. The van der Waals surface area contributed by atoms with Crippen molar-refractivity contribution in [1.29, 1.82) is 0 Å². The molecule has 2 aromatic carbocycles. The second-order valence-corrected chi connectivity index (χ2v) is 6.23. The van der Waals surface area contributed by atoms with Crippen LogP contribution in [0.4, 0.5) is 0 Å². The molecule has 1 nitrogen and oxygen atoms in total. The van der Waals surface area contributed by atoms with Crippen molar-refractivity contribution in [2.24, 2.45) is 0 Å². The maximum atomic E-state index is 3.85. The SMILES string of the molecule is CC1c2ccccc2CC(Br)N1Cc1ccccc1. The minimum absolute atomic E-state index is 0.414. The smallest absolute Gasteiger partial charge is 0.0704 e. The molecule has 0 spiro atoms. The van der Waals surface area contributed by atoms with Gasteiger partial charge in [0.1, 0.15) is 0 Å². The molecule has 19 heavy (non-hydrogen) atoms. The van der Waals surface area contributed by atoms with Crippen LogP contribution in [0.1, 0.15) is 29.7 Å². The van der Waals surface area contributed by atoms with Gasteiger partial charge in [0.25, 0.3) is 0 Å². The van der Waals surface area contributed by atoms with E-state index in [-0.39, 0.29) is 0 Å². The van der Waals surface area contributed by atoms with E-state index in [1.807, 2.05) is 0 Å². The highest BCUT2D eigenvalue weighted by Gasteiger charge is 2.29. The number of fused-ring (bicyclic) bond motifs is 1. The number of alkyl halides is 1. The summed E-state index contributed by atoms with van der Waals surface area (Å²) in [4.78, 5) is 2.94. The topological polar surface area (TPSA) is 3.24 Å². The zero-order valence-corrected chi connectivity index (χ0v) is 12.7. The van der Waals surface area contributed by atoms with Gasteiger partial charge in [0.15, 0.2) is 0 Å². The Kier molecular flexibility index (Phi) is 3.72. The lowest BCUT2D eigenvalue weighted by Gasteiger charge is -2.39. The Morgan fingerprint density at radius 3 is 2.53 bits per heavy atom. The van der Waals surface area contributed by atoms with Crippen LogP contribution in [0.2, 0.25) is 0 Å². The molecule has 2 heteroatoms. The third-order valence-corrected chi connectivity index (χ3v) is 4.81. The van der Waals surface area contributed by atoms with Gasteiger partial charge >= 0.3 is 0 Å². The summed E-state index contributed by atoms with van der Waals surface area (Å²) in [5.41, 5.74) is 4.31. The second-order valence-electron chi connectivity index (χ2n) is 5.17. The highest BCUT2D eigenvalue weighted by atomic mass is 79.9.